The molecule has 1 amide bonds. The van der Waals surface area contributed by atoms with E-state index in [2.05, 4.69) is 20.0 Å². The van der Waals surface area contributed by atoms with Gasteiger partial charge in [-0.05, 0) is 43.3 Å². The summed E-state index contributed by atoms with van der Waals surface area (Å²) in [6.07, 6.45) is 0. The zero-order valence-corrected chi connectivity index (χ0v) is 15.5. The van der Waals surface area contributed by atoms with E-state index in [0.717, 1.165) is 11.8 Å². The molecule has 0 saturated carbocycles. The molecule has 2 N–H and O–H groups in total. The molecule has 1 unspecified atom stereocenters. The predicted octanol–water partition coefficient (Wildman–Crippen LogP) is 2.83. The van der Waals surface area contributed by atoms with E-state index >= 15 is 0 Å². The standard InChI is InChI=1S/C19H17N3O4S/c1-11(16(23)20-13-9-7-12(8-10-13)18(25)26-2)27-19-21-15-6-4-3-5-14(15)17(24)22-19/h3-11H,1-2H3,(H,20,23)(H,21,22,24). The number of anilines is 1. The fourth-order valence-corrected chi connectivity index (χ4v) is 3.20. The third kappa shape index (κ3) is 4.35. The summed E-state index contributed by atoms with van der Waals surface area (Å²) in [5.41, 5.74) is 1.29. The van der Waals surface area contributed by atoms with Crippen LogP contribution >= 0.6 is 11.8 Å². The number of amides is 1. The van der Waals surface area contributed by atoms with Gasteiger partial charge < -0.3 is 15.0 Å². The summed E-state index contributed by atoms with van der Waals surface area (Å²) in [6, 6.07) is 13.4. The van der Waals surface area contributed by atoms with Gasteiger partial charge in [-0.1, -0.05) is 23.9 Å². The molecule has 1 aromatic heterocycles. The van der Waals surface area contributed by atoms with Gasteiger partial charge in [-0.25, -0.2) is 9.78 Å². The Morgan fingerprint density at radius 2 is 1.85 bits per heavy atom. The summed E-state index contributed by atoms with van der Waals surface area (Å²) < 4.78 is 4.64. The van der Waals surface area contributed by atoms with Gasteiger partial charge in [0.15, 0.2) is 5.16 Å². The molecule has 2 aromatic carbocycles. The fourth-order valence-electron chi connectivity index (χ4n) is 2.39. The van der Waals surface area contributed by atoms with E-state index in [-0.39, 0.29) is 11.5 Å². The van der Waals surface area contributed by atoms with Gasteiger partial charge in [0.05, 0.1) is 28.8 Å². The second kappa shape index (κ2) is 8.05. The highest BCUT2D eigenvalue weighted by Gasteiger charge is 2.17. The summed E-state index contributed by atoms with van der Waals surface area (Å²) in [5.74, 6) is -0.690. The lowest BCUT2D eigenvalue weighted by molar-refractivity contribution is -0.115. The number of hydrogen-bond acceptors (Lipinski definition) is 6. The molecule has 27 heavy (non-hydrogen) atoms. The van der Waals surface area contributed by atoms with Crippen LogP contribution < -0.4 is 10.9 Å². The predicted molar refractivity (Wildman–Crippen MR) is 104 cm³/mol. The molecule has 8 heteroatoms. The number of nitrogens with zero attached hydrogens (tertiary/aromatic N) is 1. The lowest BCUT2D eigenvalue weighted by Gasteiger charge is -2.12. The van der Waals surface area contributed by atoms with Crippen molar-refractivity contribution in [3.8, 4) is 0 Å². The highest BCUT2D eigenvalue weighted by atomic mass is 32.2. The second-order valence-corrected chi connectivity index (χ2v) is 7.04. The van der Waals surface area contributed by atoms with Crippen LogP contribution in [0.5, 0.6) is 0 Å². The van der Waals surface area contributed by atoms with Crippen molar-refractivity contribution in [3.63, 3.8) is 0 Å². The maximum absolute atomic E-state index is 12.4. The lowest BCUT2D eigenvalue weighted by atomic mass is 10.2. The summed E-state index contributed by atoms with van der Waals surface area (Å²) in [6.45, 7) is 1.72. The van der Waals surface area contributed by atoms with Crippen molar-refractivity contribution in [2.24, 2.45) is 0 Å². The van der Waals surface area contributed by atoms with E-state index in [1.807, 2.05) is 0 Å². The Morgan fingerprint density at radius 1 is 1.15 bits per heavy atom. The molecule has 0 aliphatic heterocycles. The first-order chi connectivity index (χ1) is 13.0. The first kappa shape index (κ1) is 18.7. The molecule has 0 spiro atoms. The number of aromatic nitrogens is 2. The second-order valence-electron chi connectivity index (χ2n) is 5.71. The minimum absolute atomic E-state index is 0.242. The zero-order valence-electron chi connectivity index (χ0n) is 14.7. The minimum Gasteiger partial charge on any atom is -0.465 e. The molecule has 1 atom stereocenters. The maximum atomic E-state index is 12.4. The number of esters is 1. The number of ether oxygens (including phenoxy) is 1. The molecule has 3 rings (SSSR count). The molecule has 0 aliphatic rings. The number of carbonyl (C=O) groups is 2. The van der Waals surface area contributed by atoms with E-state index in [4.69, 9.17) is 0 Å². The number of rotatable bonds is 5. The first-order valence-corrected chi connectivity index (χ1v) is 9.01. The molecular weight excluding hydrogens is 366 g/mol. The average Bonchev–Trinajstić information content (AvgIpc) is 2.68. The summed E-state index contributed by atoms with van der Waals surface area (Å²) >= 11 is 1.16. The average molecular weight is 383 g/mol. The number of fused-ring (bicyclic) bond motifs is 1. The number of hydrogen-bond donors (Lipinski definition) is 2. The van der Waals surface area contributed by atoms with E-state index in [1.165, 1.54) is 7.11 Å². The van der Waals surface area contributed by atoms with Crippen molar-refractivity contribution in [1.82, 2.24) is 9.97 Å². The largest absolute Gasteiger partial charge is 0.465 e. The molecular formula is C19H17N3O4S. The van der Waals surface area contributed by atoms with Crippen LogP contribution in [0.25, 0.3) is 10.9 Å². The van der Waals surface area contributed by atoms with Crippen LogP contribution in [0.3, 0.4) is 0 Å². The maximum Gasteiger partial charge on any atom is 0.337 e. The SMILES string of the molecule is COC(=O)c1ccc(NC(=O)C(C)Sc2nc3ccccc3c(=O)[nH]2)cc1. The van der Waals surface area contributed by atoms with E-state index < -0.39 is 11.2 Å². The molecule has 0 radical (unpaired) electrons. The van der Waals surface area contributed by atoms with E-state index in [0.29, 0.717) is 27.3 Å². The van der Waals surface area contributed by atoms with Crippen molar-refractivity contribution >= 4 is 40.2 Å². The molecule has 138 valence electrons. The van der Waals surface area contributed by atoms with Crippen LogP contribution in [0.15, 0.2) is 58.5 Å². The van der Waals surface area contributed by atoms with Gasteiger partial charge in [0.1, 0.15) is 0 Å². The molecule has 0 saturated heterocycles. The number of methoxy groups -OCH3 is 1. The van der Waals surface area contributed by atoms with Crippen molar-refractivity contribution in [3.05, 3.63) is 64.4 Å². The van der Waals surface area contributed by atoms with Crippen LogP contribution in [0.1, 0.15) is 17.3 Å². The lowest BCUT2D eigenvalue weighted by Crippen LogP contribution is -2.23. The first-order valence-electron chi connectivity index (χ1n) is 8.13. The number of thioether (sulfide) groups is 1. The van der Waals surface area contributed by atoms with Crippen LogP contribution in [-0.4, -0.2) is 34.2 Å². The summed E-state index contributed by atoms with van der Waals surface area (Å²) in [7, 11) is 1.31. The third-order valence-electron chi connectivity index (χ3n) is 3.82. The molecule has 3 aromatic rings. The Bertz CT molecular complexity index is 1050. The topological polar surface area (TPSA) is 101 Å². The van der Waals surface area contributed by atoms with Gasteiger partial charge >= 0.3 is 5.97 Å². The van der Waals surface area contributed by atoms with Gasteiger partial charge in [-0.15, -0.1) is 0 Å². The Balaban J connectivity index is 1.69. The van der Waals surface area contributed by atoms with Gasteiger partial charge in [0.2, 0.25) is 5.91 Å². The number of para-hydroxylation sites is 1. The van der Waals surface area contributed by atoms with Crippen LogP contribution in [0.2, 0.25) is 0 Å². The molecule has 7 nitrogen and oxygen atoms in total. The van der Waals surface area contributed by atoms with E-state index in [1.54, 1.807) is 55.5 Å². The van der Waals surface area contributed by atoms with Crippen molar-refractivity contribution in [1.29, 1.82) is 0 Å². The number of H-pyrrole nitrogens is 1. The Morgan fingerprint density at radius 3 is 2.56 bits per heavy atom. The number of nitrogens with one attached hydrogen (secondary N) is 2. The fraction of sp³-hybridized carbons (Fsp3) is 0.158. The summed E-state index contributed by atoms with van der Waals surface area (Å²) in [4.78, 5) is 43.0. The molecule has 1 heterocycles. The van der Waals surface area contributed by atoms with Crippen LogP contribution in [0, 0.1) is 0 Å². The van der Waals surface area contributed by atoms with E-state index in [9.17, 15) is 14.4 Å². The molecule has 0 bridgehead atoms. The number of aromatic amines is 1. The zero-order chi connectivity index (χ0) is 19.4. The van der Waals surface area contributed by atoms with Crippen molar-refractivity contribution in [2.75, 3.05) is 12.4 Å². The molecule has 0 fully saturated rings. The number of carbonyl (C=O) groups excluding carboxylic acids is 2. The smallest absolute Gasteiger partial charge is 0.337 e. The van der Waals surface area contributed by atoms with Gasteiger partial charge in [0, 0.05) is 5.69 Å². The quantitative estimate of drug-likeness (QED) is 0.399. The number of benzene rings is 2. The van der Waals surface area contributed by atoms with Gasteiger partial charge in [-0.3, -0.25) is 9.59 Å². The molecule has 0 aliphatic carbocycles. The van der Waals surface area contributed by atoms with Crippen LogP contribution in [0.4, 0.5) is 5.69 Å². The normalized spacial score (nSPS) is 11.8. The minimum atomic E-state index is -0.491. The monoisotopic (exact) mass is 383 g/mol. The highest BCUT2D eigenvalue weighted by Crippen LogP contribution is 2.21. The Hall–Kier alpha value is -3.13. The van der Waals surface area contributed by atoms with Gasteiger partial charge in [0.25, 0.3) is 5.56 Å². The third-order valence-corrected chi connectivity index (χ3v) is 4.81. The Labute approximate surface area is 159 Å². The van der Waals surface area contributed by atoms with Crippen molar-refractivity contribution in [2.45, 2.75) is 17.3 Å². The summed E-state index contributed by atoms with van der Waals surface area (Å²) in [5, 5.41) is 3.16. The van der Waals surface area contributed by atoms with Gasteiger partial charge in [-0.2, -0.15) is 0 Å². The Kier molecular flexibility index (Phi) is 5.56. The highest BCUT2D eigenvalue weighted by molar-refractivity contribution is 8.00. The van der Waals surface area contributed by atoms with Crippen LogP contribution in [-0.2, 0) is 9.53 Å². The van der Waals surface area contributed by atoms with Crippen molar-refractivity contribution < 1.29 is 14.3 Å².